The second-order valence-electron chi connectivity index (χ2n) is 2.92. The van der Waals surface area contributed by atoms with Crippen LogP contribution in [0.3, 0.4) is 0 Å². The molecule has 0 fully saturated rings. The van der Waals surface area contributed by atoms with Crippen LogP contribution in [-0.2, 0) is 16.5 Å². The molecule has 0 atom stereocenters. The first-order valence-corrected chi connectivity index (χ1v) is 5.46. The molecule has 0 aromatic heterocycles. The topological polar surface area (TPSA) is 54.4 Å². The fraction of sp³-hybridized carbons (Fsp3) is 0.333. The molecule has 0 saturated heterocycles. The fourth-order valence-corrected chi connectivity index (χ4v) is 1.72. The molecule has 0 saturated carbocycles. The van der Waals surface area contributed by atoms with E-state index < -0.39 is 10.1 Å². The van der Waals surface area contributed by atoms with E-state index in [1.807, 2.05) is 13.8 Å². The molecule has 0 amide bonds. The van der Waals surface area contributed by atoms with E-state index in [0.29, 0.717) is 0 Å². The van der Waals surface area contributed by atoms with Gasteiger partial charge in [0.05, 0.1) is 4.90 Å². The van der Waals surface area contributed by atoms with Crippen molar-refractivity contribution in [1.82, 2.24) is 0 Å². The van der Waals surface area contributed by atoms with Crippen molar-refractivity contribution in [2.24, 2.45) is 0 Å². The van der Waals surface area contributed by atoms with Crippen LogP contribution >= 0.6 is 0 Å². The minimum absolute atomic E-state index is 0.0325. The Labute approximate surface area is 78.2 Å². The first-order chi connectivity index (χ1) is 5.95. The van der Waals surface area contributed by atoms with E-state index >= 15 is 0 Å². The van der Waals surface area contributed by atoms with E-state index in [0.717, 1.165) is 17.5 Å². The lowest BCUT2D eigenvalue weighted by atomic mass is 10.1. The maximum Gasteiger partial charge on any atom is 0.294 e. The van der Waals surface area contributed by atoms with Gasteiger partial charge in [-0.25, -0.2) is 0 Å². The van der Waals surface area contributed by atoms with Crippen molar-refractivity contribution in [2.75, 3.05) is 0 Å². The van der Waals surface area contributed by atoms with Crippen LogP contribution in [0.2, 0.25) is 0 Å². The number of benzene rings is 1. The van der Waals surface area contributed by atoms with Gasteiger partial charge in [0.1, 0.15) is 0 Å². The zero-order valence-corrected chi connectivity index (χ0v) is 8.43. The van der Waals surface area contributed by atoms with Crippen molar-refractivity contribution in [3.8, 4) is 0 Å². The summed E-state index contributed by atoms with van der Waals surface area (Å²) in [4.78, 5) is -0.0325. The van der Waals surface area contributed by atoms with Crippen LogP contribution in [0.25, 0.3) is 0 Å². The van der Waals surface area contributed by atoms with Gasteiger partial charge in [-0.15, -0.1) is 0 Å². The maximum atomic E-state index is 10.8. The van der Waals surface area contributed by atoms with Crippen molar-refractivity contribution >= 4 is 10.1 Å². The van der Waals surface area contributed by atoms with E-state index in [1.165, 1.54) is 12.1 Å². The molecule has 1 rings (SSSR count). The highest BCUT2D eigenvalue weighted by Gasteiger charge is 2.10. The number of rotatable bonds is 2. The van der Waals surface area contributed by atoms with Gasteiger partial charge in [-0.05, 0) is 36.6 Å². The largest absolute Gasteiger partial charge is 0.294 e. The van der Waals surface area contributed by atoms with Gasteiger partial charge in [0.2, 0.25) is 0 Å². The van der Waals surface area contributed by atoms with Crippen LogP contribution in [0, 0.1) is 6.92 Å². The second kappa shape index (κ2) is 3.47. The van der Waals surface area contributed by atoms with E-state index in [9.17, 15) is 8.42 Å². The summed E-state index contributed by atoms with van der Waals surface area (Å²) in [5.41, 5.74) is 1.98. The summed E-state index contributed by atoms with van der Waals surface area (Å²) in [5, 5.41) is 0. The van der Waals surface area contributed by atoms with Crippen LogP contribution in [0.15, 0.2) is 23.1 Å². The average Bonchev–Trinajstić information content (AvgIpc) is 2.03. The molecular weight excluding hydrogens is 188 g/mol. The third kappa shape index (κ3) is 2.29. The molecule has 1 aromatic rings. The van der Waals surface area contributed by atoms with Gasteiger partial charge in [0, 0.05) is 0 Å². The van der Waals surface area contributed by atoms with Gasteiger partial charge in [0.25, 0.3) is 10.1 Å². The SMILES string of the molecule is CCc1cc(S(=O)(=O)O)ccc1C. The molecule has 0 bridgehead atoms. The molecule has 1 N–H and O–H groups in total. The Bertz CT molecular complexity index is 407. The summed E-state index contributed by atoms with van der Waals surface area (Å²) in [6, 6.07) is 4.61. The predicted octanol–water partition coefficient (Wildman–Crippen LogP) is 1.80. The minimum atomic E-state index is -4.05. The monoisotopic (exact) mass is 200 g/mol. The lowest BCUT2D eigenvalue weighted by molar-refractivity contribution is 0.483. The van der Waals surface area contributed by atoms with Crippen molar-refractivity contribution in [3.63, 3.8) is 0 Å². The van der Waals surface area contributed by atoms with Crippen molar-refractivity contribution in [1.29, 1.82) is 0 Å². The Kier molecular flexibility index (Phi) is 2.73. The van der Waals surface area contributed by atoms with Gasteiger partial charge in [-0.2, -0.15) is 8.42 Å². The average molecular weight is 200 g/mol. The zero-order valence-electron chi connectivity index (χ0n) is 7.61. The predicted molar refractivity (Wildman–Crippen MR) is 50.4 cm³/mol. The van der Waals surface area contributed by atoms with Crippen LogP contribution in [0.1, 0.15) is 18.1 Å². The minimum Gasteiger partial charge on any atom is -0.282 e. The van der Waals surface area contributed by atoms with Crippen LogP contribution in [0.4, 0.5) is 0 Å². The standard InChI is InChI=1S/C9H12O3S/c1-3-8-6-9(13(10,11)12)5-4-7(8)2/h4-6H,3H2,1-2H3,(H,10,11,12). The molecule has 72 valence electrons. The van der Waals surface area contributed by atoms with Crippen LogP contribution in [-0.4, -0.2) is 13.0 Å². The summed E-state index contributed by atoms with van der Waals surface area (Å²) in [6.45, 7) is 3.85. The first-order valence-electron chi connectivity index (χ1n) is 4.02. The lowest BCUT2D eigenvalue weighted by Crippen LogP contribution is -1.99. The molecule has 4 heteroatoms. The second-order valence-corrected chi connectivity index (χ2v) is 4.34. The van der Waals surface area contributed by atoms with Crippen LogP contribution in [0.5, 0.6) is 0 Å². The summed E-state index contributed by atoms with van der Waals surface area (Å²) in [7, 11) is -4.05. The summed E-state index contributed by atoms with van der Waals surface area (Å²) in [5.74, 6) is 0. The summed E-state index contributed by atoms with van der Waals surface area (Å²) >= 11 is 0. The Morgan fingerprint density at radius 1 is 1.38 bits per heavy atom. The fourth-order valence-electron chi connectivity index (χ4n) is 1.19. The van der Waals surface area contributed by atoms with Crippen molar-refractivity contribution in [3.05, 3.63) is 29.3 Å². The molecule has 0 radical (unpaired) electrons. The molecule has 0 unspecified atom stereocenters. The van der Waals surface area contributed by atoms with E-state index in [-0.39, 0.29) is 4.90 Å². The molecule has 0 aliphatic rings. The number of hydrogen-bond acceptors (Lipinski definition) is 2. The Morgan fingerprint density at radius 2 is 2.00 bits per heavy atom. The first kappa shape index (κ1) is 10.2. The number of aryl methyl sites for hydroxylation is 2. The van der Waals surface area contributed by atoms with E-state index in [4.69, 9.17) is 4.55 Å². The quantitative estimate of drug-likeness (QED) is 0.741. The molecule has 13 heavy (non-hydrogen) atoms. The van der Waals surface area contributed by atoms with Crippen molar-refractivity contribution < 1.29 is 13.0 Å². The third-order valence-corrected chi connectivity index (χ3v) is 2.85. The summed E-state index contributed by atoms with van der Waals surface area (Å²) in [6.07, 6.45) is 0.759. The highest BCUT2D eigenvalue weighted by Crippen LogP contribution is 2.15. The molecule has 3 nitrogen and oxygen atoms in total. The van der Waals surface area contributed by atoms with Gasteiger partial charge in [-0.1, -0.05) is 13.0 Å². The van der Waals surface area contributed by atoms with Gasteiger partial charge in [0.15, 0.2) is 0 Å². The Balaban J connectivity index is 3.30. The van der Waals surface area contributed by atoms with Gasteiger partial charge in [-0.3, -0.25) is 4.55 Å². The lowest BCUT2D eigenvalue weighted by Gasteiger charge is -2.04. The number of hydrogen-bond donors (Lipinski definition) is 1. The molecule has 0 spiro atoms. The van der Waals surface area contributed by atoms with E-state index in [1.54, 1.807) is 6.07 Å². The Morgan fingerprint density at radius 3 is 2.46 bits per heavy atom. The molecule has 0 aliphatic carbocycles. The van der Waals surface area contributed by atoms with Gasteiger partial charge < -0.3 is 0 Å². The smallest absolute Gasteiger partial charge is 0.282 e. The summed E-state index contributed by atoms with van der Waals surface area (Å²) < 4.78 is 30.3. The van der Waals surface area contributed by atoms with Crippen LogP contribution < -0.4 is 0 Å². The zero-order chi connectivity index (χ0) is 10.1. The van der Waals surface area contributed by atoms with E-state index in [2.05, 4.69) is 0 Å². The third-order valence-electron chi connectivity index (χ3n) is 2.00. The molecule has 0 aliphatic heterocycles. The van der Waals surface area contributed by atoms with Gasteiger partial charge >= 0.3 is 0 Å². The molecule has 1 aromatic carbocycles. The Hall–Kier alpha value is -0.870. The molecular formula is C9H12O3S. The maximum absolute atomic E-state index is 10.8. The highest BCUT2D eigenvalue weighted by molar-refractivity contribution is 7.85. The highest BCUT2D eigenvalue weighted by atomic mass is 32.2. The molecule has 0 heterocycles. The van der Waals surface area contributed by atoms with Crippen molar-refractivity contribution in [2.45, 2.75) is 25.2 Å². The normalized spacial score (nSPS) is 11.6.